The molecule has 0 unspecified atom stereocenters. The van der Waals surface area contributed by atoms with Gasteiger partial charge in [0.1, 0.15) is 30.6 Å². The third-order valence-corrected chi connectivity index (χ3v) is 3.82. The zero-order valence-electron chi connectivity index (χ0n) is 15.7. The van der Waals surface area contributed by atoms with Crippen LogP contribution in [-0.2, 0) is 11.2 Å². The van der Waals surface area contributed by atoms with Gasteiger partial charge in [-0.25, -0.2) is 0 Å². The van der Waals surface area contributed by atoms with Crippen molar-refractivity contribution in [3.05, 3.63) is 71.8 Å². The van der Waals surface area contributed by atoms with Gasteiger partial charge in [0.05, 0.1) is 7.11 Å². The van der Waals surface area contributed by atoms with E-state index in [9.17, 15) is 4.79 Å². The number of rotatable bonds is 10. The lowest BCUT2D eigenvalue weighted by Gasteiger charge is -2.13. The topological polar surface area (TPSA) is 94.6 Å². The number of para-hydroxylation sites is 1. The number of allylic oxidation sites excluding steroid dienone is 1. The number of methoxy groups -OCH3 is 1. The van der Waals surface area contributed by atoms with Crippen LogP contribution in [0, 0.1) is 11.3 Å². The molecule has 6 nitrogen and oxygen atoms in total. The summed E-state index contributed by atoms with van der Waals surface area (Å²) in [5, 5.41) is 8.93. The van der Waals surface area contributed by atoms with Crippen LogP contribution in [0.5, 0.6) is 17.2 Å². The summed E-state index contributed by atoms with van der Waals surface area (Å²) in [5.74, 6) is 1.02. The lowest BCUT2D eigenvalue weighted by molar-refractivity contribution is -0.114. The number of hydrogen-bond donors (Lipinski definition) is 1. The summed E-state index contributed by atoms with van der Waals surface area (Å²) in [6.45, 7) is 4.43. The molecule has 0 fully saturated rings. The van der Waals surface area contributed by atoms with Crippen molar-refractivity contribution in [1.82, 2.24) is 0 Å². The molecule has 0 atom stereocenters. The highest BCUT2D eigenvalue weighted by atomic mass is 16.5. The van der Waals surface area contributed by atoms with Crippen LogP contribution in [0.3, 0.4) is 0 Å². The summed E-state index contributed by atoms with van der Waals surface area (Å²) in [7, 11) is 1.51. The Morgan fingerprint density at radius 3 is 2.50 bits per heavy atom. The quantitative estimate of drug-likeness (QED) is 0.296. The number of primary amides is 1. The number of amides is 1. The van der Waals surface area contributed by atoms with Crippen LogP contribution in [0.2, 0.25) is 0 Å². The molecule has 0 aliphatic heterocycles. The summed E-state index contributed by atoms with van der Waals surface area (Å²) < 4.78 is 16.9. The smallest absolute Gasteiger partial charge is 0.259 e. The second-order valence-electron chi connectivity index (χ2n) is 5.74. The van der Waals surface area contributed by atoms with Crippen molar-refractivity contribution >= 4 is 12.0 Å². The van der Waals surface area contributed by atoms with Crippen molar-refractivity contribution in [3.63, 3.8) is 0 Å². The van der Waals surface area contributed by atoms with Crippen molar-refractivity contribution in [3.8, 4) is 23.3 Å². The summed E-state index contributed by atoms with van der Waals surface area (Å²) in [6, 6.07) is 14.6. The molecule has 0 aliphatic rings. The summed E-state index contributed by atoms with van der Waals surface area (Å²) in [5.41, 5.74) is 6.68. The van der Waals surface area contributed by atoms with Gasteiger partial charge in [-0.15, -0.1) is 6.58 Å². The molecule has 0 saturated heterocycles. The van der Waals surface area contributed by atoms with Crippen LogP contribution in [0.1, 0.15) is 11.1 Å². The van der Waals surface area contributed by atoms with Crippen molar-refractivity contribution in [2.45, 2.75) is 6.42 Å². The molecule has 2 N–H and O–H groups in total. The van der Waals surface area contributed by atoms with Crippen molar-refractivity contribution in [2.75, 3.05) is 20.3 Å². The van der Waals surface area contributed by atoms with Gasteiger partial charge < -0.3 is 19.9 Å². The maximum absolute atomic E-state index is 11.2. The average molecular weight is 378 g/mol. The van der Waals surface area contributed by atoms with Gasteiger partial charge in [-0.05, 0) is 41.8 Å². The van der Waals surface area contributed by atoms with Gasteiger partial charge in [-0.2, -0.15) is 5.26 Å². The highest BCUT2D eigenvalue weighted by molar-refractivity contribution is 6.00. The molecule has 0 aliphatic carbocycles. The Kier molecular flexibility index (Phi) is 7.67. The Labute approximate surface area is 164 Å². The Hall–Kier alpha value is -3.72. The Balaban J connectivity index is 2.00. The fraction of sp³-hybridized carbons (Fsp3) is 0.182. The molecule has 0 aromatic heterocycles. The number of nitriles is 1. The molecule has 28 heavy (non-hydrogen) atoms. The lowest BCUT2D eigenvalue weighted by atomic mass is 10.1. The zero-order valence-corrected chi connectivity index (χ0v) is 15.7. The third kappa shape index (κ3) is 5.64. The molecule has 2 rings (SSSR count). The zero-order chi connectivity index (χ0) is 20.4. The van der Waals surface area contributed by atoms with Crippen molar-refractivity contribution < 1.29 is 19.0 Å². The second kappa shape index (κ2) is 10.4. The van der Waals surface area contributed by atoms with Crippen molar-refractivity contribution in [1.29, 1.82) is 5.26 Å². The number of carbonyl (C=O) groups is 1. The van der Waals surface area contributed by atoms with Crippen LogP contribution in [0.25, 0.3) is 6.08 Å². The molecule has 0 saturated carbocycles. The predicted octanol–water partition coefficient (Wildman–Crippen LogP) is 3.27. The first-order chi connectivity index (χ1) is 13.6. The van der Waals surface area contributed by atoms with Crippen molar-refractivity contribution in [2.24, 2.45) is 5.73 Å². The number of benzene rings is 2. The normalized spacial score (nSPS) is 10.6. The molecule has 0 heterocycles. The molecule has 6 heteroatoms. The predicted molar refractivity (Wildman–Crippen MR) is 107 cm³/mol. The SMILES string of the molecule is C=CCc1ccccc1OCCOc1ccc(/C=C(\C#N)C(N)=O)cc1OC. The monoisotopic (exact) mass is 378 g/mol. The van der Waals surface area contributed by atoms with E-state index in [-0.39, 0.29) is 5.57 Å². The lowest BCUT2D eigenvalue weighted by Crippen LogP contribution is -2.12. The molecule has 144 valence electrons. The average Bonchev–Trinajstić information content (AvgIpc) is 2.71. The van der Waals surface area contributed by atoms with E-state index in [1.807, 2.05) is 30.3 Å². The molecular formula is C22H22N2O4. The maximum atomic E-state index is 11.2. The van der Waals surface area contributed by atoms with Gasteiger partial charge in [-0.3, -0.25) is 4.79 Å². The molecule has 0 bridgehead atoms. The van der Waals surface area contributed by atoms with Crippen LogP contribution in [0.15, 0.2) is 60.7 Å². The largest absolute Gasteiger partial charge is 0.493 e. The van der Waals surface area contributed by atoms with Gasteiger partial charge in [0, 0.05) is 0 Å². The van der Waals surface area contributed by atoms with Gasteiger partial charge in [-0.1, -0.05) is 30.3 Å². The van der Waals surface area contributed by atoms with E-state index in [0.717, 1.165) is 17.7 Å². The minimum atomic E-state index is -0.782. The van der Waals surface area contributed by atoms with E-state index < -0.39 is 5.91 Å². The minimum absolute atomic E-state index is 0.137. The highest BCUT2D eigenvalue weighted by Gasteiger charge is 2.08. The molecule has 2 aromatic rings. The molecule has 2 aromatic carbocycles. The highest BCUT2D eigenvalue weighted by Crippen LogP contribution is 2.29. The Morgan fingerprint density at radius 1 is 1.14 bits per heavy atom. The van der Waals surface area contributed by atoms with E-state index >= 15 is 0 Å². The van der Waals surface area contributed by atoms with E-state index in [4.69, 9.17) is 25.2 Å². The van der Waals surface area contributed by atoms with E-state index in [2.05, 4.69) is 6.58 Å². The minimum Gasteiger partial charge on any atom is -0.493 e. The summed E-state index contributed by atoms with van der Waals surface area (Å²) in [6.07, 6.45) is 3.96. The fourth-order valence-corrected chi connectivity index (χ4v) is 2.49. The Bertz CT molecular complexity index is 913. The van der Waals surface area contributed by atoms with Gasteiger partial charge >= 0.3 is 0 Å². The molecule has 1 amide bonds. The molecule has 0 radical (unpaired) electrons. The molecular weight excluding hydrogens is 356 g/mol. The third-order valence-electron chi connectivity index (χ3n) is 3.82. The first-order valence-corrected chi connectivity index (χ1v) is 8.63. The summed E-state index contributed by atoms with van der Waals surface area (Å²) >= 11 is 0. The Morgan fingerprint density at radius 2 is 1.86 bits per heavy atom. The van der Waals surface area contributed by atoms with Crippen LogP contribution in [-0.4, -0.2) is 26.2 Å². The van der Waals surface area contributed by atoms with Crippen LogP contribution < -0.4 is 19.9 Å². The first-order valence-electron chi connectivity index (χ1n) is 8.63. The van der Waals surface area contributed by atoms with Crippen LogP contribution >= 0.6 is 0 Å². The van der Waals surface area contributed by atoms with Gasteiger partial charge in [0.25, 0.3) is 5.91 Å². The summed E-state index contributed by atoms with van der Waals surface area (Å²) in [4.78, 5) is 11.2. The standard InChI is InChI=1S/C22H22N2O4/c1-3-6-17-7-4-5-8-19(17)27-11-12-28-20-10-9-16(14-21(20)26-2)13-18(15-23)22(24)25/h3-5,7-10,13-14H,1,6,11-12H2,2H3,(H2,24,25)/b18-13+. The van der Waals surface area contributed by atoms with E-state index in [1.54, 1.807) is 24.3 Å². The van der Waals surface area contributed by atoms with E-state index in [0.29, 0.717) is 30.3 Å². The number of hydrogen-bond acceptors (Lipinski definition) is 5. The maximum Gasteiger partial charge on any atom is 0.259 e. The number of ether oxygens (including phenoxy) is 3. The van der Waals surface area contributed by atoms with E-state index in [1.165, 1.54) is 13.2 Å². The fourth-order valence-electron chi connectivity index (χ4n) is 2.49. The van der Waals surface area contributed by atoms with Gasteiger partial charge in [0.15, 0.2) is 11.5 Å². The number of carbonyl (C=O) groups excluding carboxylic acids is 1. The van der Waals surface area contributed by atoms with Gasteiger partial charge in [0.2, 0.25) is 0 Å². The van der Waals surface area contributed by atoms with Crippen LogP contribution in [0.4, 0.5) is 0 Å². The second-order valence-corrected chi connectivity index (χ2v) is 5.74. The first kappa shape index (κ1) is 20.6. The molecule has 0 spiro atoms. The number of nitrogens with two attached hydrogens (primary N) is 1. The number of nitrogens with zero attached hydrogens (tertiary/aromatic N) is 1.